The molecule has 0 aliphatic carbocycles. The lowest BCUT2D eigenvalue weighted by molar-refractivity contribution is -0.140. The van der Waals surface area contributed by atoms with E-state index in [2.05, 4.69) is 0 Å². The lowest BCUT2D eigenvalue weighted by Gasteiger charge is -2.39. The molecule has 13 heteroatoms. The third-order valence-electron chi connectivity index (χ3n) is 3.48. The van der Waals surface area contributed by atoms with Gasteiger partial charge in [-0.2, -0.15) is 0 Å². The van der Waals surface area contributed by atoms with Gasteiger partial charge in [-0.15, -0.1) is 0 Å². The number of carbonyl (C=O) groups excluding carboxylic acids is 4. The van der Waals surface area contributed by atoms with Gasteiger partial charge in [0.05, 0.1) is 0 Å². The van der Waals surface area contributed by atoms with Crippen molar-refractivity contribution in [2.45, 2.75) is 78.3 Å². The van der Waals surface area contributed by atoms with Gasteiger partial charge in [0.25, 0.3) is 23.9 Å². The molecule has 0 unspecified atom stereocenters. The Morgan fingerprint density at radius 1 is 0.517 bits per heavy atom. The van der Waals surface area contributed by atoms with E-state index in [1.54, 1.807) is 13.1 Å². The highest BCUT2D eigenvalue weighted by Gasteiger charge is 2.51. The van der Waals surface area contributed by atoms with Crippen LogP contribution in [0.3, 0.4) is 0 Å². The average Bonchev–Trinajstić information content (AvgIpc) is 2.27. The van der Waals surface area contributed by atoms with Crippen LogP contribution in [-0.2, 0) is 41.0 Å². The Morgan fingerprint density at radius 3 is 0.897 bits per heavy atom. The van der Waals surface area contributed by atoms with Crippen LogP contribution in [-0.4, -0.2) is 57.6 Å². The zero-order chi connectivity index (χ0) is 23.3. The number of rotatable bonds is 10. The molecule has 0 aromatic carbocycles. The molecule has 0 saturated carbocycles. The van der Waals surface area contributed by atoms with Crippen molar-refractivity contribution in [2.24, 2.45) is 0 Å². The molecule has 29 heavy (non-hydrogen) atoms. The summed E-state index contributed by atoms with van der Waals surface area (Å²) in [5, 5.41) is 0. The van der Waals surface area contributed by atoms with Gasteiger partial charge in [0.15, 0.2) is 16.6 Å². The van der Waals surface area contributed by atoms with Gasteiger partial charge in [-0.25, -0.2) is 0 Å². The maximum absolute atomic E-state index is 11.5. The van der Waals surface area contributed by atoms with E-state index < -0.39 is 57.6 Å². The van der Waals surface area contributed by atoms with E-state index in [9.17, 15) is 19.2 Å². The van der Waals surface area contributed by atoms with Gasteiger partial charge in [-0.1, -0.05) is 0 Å². The van der Waals surface area contributed by atoms with Crippen molar-refractivity contribution in [3.05, 3.63) is 0 Å². The van der Waals surface area contributed by atoms with Crippen LogP contribution in [0.15, 0.2) is 0 Å². The standard InChI is InChI=1S/C16H34O9Si4/c1-13(17)21-28(9,22-14(2)18)11-26(5,6)25-27(7,8)12-29(10,23-15(3)19)24-16(4)20/h11-12H2,1-10H3. The largest absolute Gasteiger partial charge is 0.485 e. The Bertz CT molecular complexity index is 562. The van der Waals surface area contributed by atoms with Gasteiger partial charge in [-0.3, -0.25) is 19.2 Å². The molecule has 0 aliphatic rings. The van der Waals surface area contributed by atoms with E-state index in [0.717, 1.165) is 0 Å². The Labute approximate surface area is 177 Å². The van der Waals surface area contributed by atoms with Crippen molar-refractivity contribution in [1.82, 2.24) is 0 Å². The van der Waals surface area contributed by atoms with E-state index in [4.69, 9.17) is 21.8 Å². The molecule has 0 amide bonds. The van der Waals surface area contributed by atoms with Gasteiger partial charge in [0, 0.05) is 52.1 Å². The SMILES string of the molecule is CC(=O)O[Si](C)(C[Si](C)(C)O[Si](C)(C)C[Si](C)(OC(C)=O)OC(C)=O)OC(C)=O. The van der Waals surface area contributed by atoms with E-state index in [1.165, 1.54) is 27.7 Å². The summed E-state index contributed by atoms with van der Waals surface area (Å²) in [4.78, 5) is 46.1. The molecule has 0 atom stereocenters. The molecule has 0 rings (SSSR count). The summed E-state index contributed by atoms with van der Waals surface area (Å²) in [7, 11) is -11.2. The molecule has 0 saturated heterocycles. The molecule has 0 aliphatic heterocycles. The van der Waals surface area contributed by atoms with Gasteiger partial charge < -0.3 is 21.8 Å². The molecule has 0 aromatic heterocycles. The van der Waals surface area contributed by atoms with Gasteiger partial charge in [-0.05, 0) is 26.2 Å². The summed E-state index contributed by atoms with van der Waals surface area (Å²) in [6, 6.07) is 0. The van der Waals surface area contributed by atoms with Crippen LogP contribution in [0, 0.1) is 0 Å². The Balaban J connectivity index is 5.52. The molecule has 168 valence electrons. The third kappa shape index (κ3) is 12.1. The van der Waals surface area contributed by atoms with E-state index in [0.29, 0.717) is 11.3 Å². The predicted octanol–water partition coefficient (Wildman–Crippen LogP) is 2.89. The minimum Gasteiger partial charge on any atom is -0.485 e. The van der Waals surface area contributed by atoms with Gasteiger partial charge >= 0.3 is 17.1 Å². The zero-order valence-electron chi connectivity index (χ0n) is 19.1. The zero-order valence-corrected chi connectivity index (χ0v) is 23.1. The summed E-state index contributed by atoms with van der Waals surface area (Å²) in [6.45, 7) is 16.3. The van der Waals surface area contributed by atoms with Crippen LogP contribution in [0.1, 0.15) is 27.7 Å². The fraction of sp³-hybridized carbons (Fsp3) is 0.750. The predicted molar refractivity (Wildman–Crippen MR) is 116 cm³/mol. The number of hydrogen-bond donors (Lipinski definition) is 0. The first-order valence-electron chi connectivity index (χ1n) is 9.27. The molecule has 0 heterocycles. The summed E-state index contributed by atoms with van der Waals surface area (Å²) < 4.78 is 28.1. The second kappa shape index (κ2) is 10.1. The lowest BCUT2D eigenvalue weighted by atomic mass is 10.9. The molecular formula is C16H34O9Si4. The molecule has 0 spiro atoms. The molecule has 0 radical (unpaired) electrons. The third-order valence-corrected chi connectivity index (χ3v) is 22.7. The second-order valence-corrected chi connectivity index (χ2v) is 24.7. The van der Waals surface area contributed by atoms with Crippen LogP contribution in [0.4, 0.5) is 0 Å². The normalized spacial score (nSPS) is 12.8. The monoisotopic (exact) mass is 482 g/mol. The average molecular weight is 483 g/mol. The maximum Gasteiger partial charge on any atom is 0.460 e. The van der Waals surface area contributed by atoms with Crippen molar-refractivity contribution in [3.63, 3.8) is 0 Å². The highest BCUT2D eigenvalue weighted by molar-refractivity contribution is 6.96. The first kappa shape index (κ1) is 27.7. The van der Waals surface area contributed by atoms with Crippen molar-refractivity contribution in [1.29, 1.82) is 0 Å². The Morgan fingerprint density at radius 2 is 0.724 bits per heavy atom. The number of hydrogen-bond acceptors (Lipinski definition) is 9. The highest BCUT2D eigenvalue weighted by atomic mass is 28.5. The van der Waals surface area contributed by atoms with Crippen LogP contribution in [0.2, 0.25) is 50.6 Å². The molecule has 9 nitrogen and oxygen atoms in total. The summed E-state index contributed by atoms with van der Waals surface area (Å²) in [6.07, 6.45) is 0. The second-order valence-electron chi connectivity index (χ2n) is 8.62. The van der Waals surface area contributed by atoms with Crippen molar-refractivity contribution < 1.29 is 41.0 Å². The van der Waals surface area contributed by atoms with Crippen molar-refractivity contribution >= 4 is 57.6 Å². The summed E-state index contributed by atoms with van der Waals surface area (Å²) in [5.74, 6) is -2.03. The first-order chi connectivity index (χ1) is 12.8. The van der Waals surface area contributed by atoms with Crippen molar-refractivity contribution in [2.75, 3.05) is 0 Å². The van der Waals surface area contributed by atoms with Gasteiger partial charge in [0.1, 0.15) is 0 Å². The Kier molecular flexibility index (Phi) is 9.69. The van der Waals surface area contributed by atoms with Crippen LogP contribution in [0.25, 0.3) is 0 Å². The van der Waals surface area contributed by atoms with Gasteiger partial charge in [0.2, 0.25) is 0 Å². The molecule has 0 bridgehead atoms. The smallest absolute Gasteiger partial charge is 0.460 e. The first-order valence-corrected chi connectivity index (χ1v) is 20.5. The quantitative estimate of drug-likeness (QED) is 0.433. The van der Waals surface area contributed by atoms with Crippen LogP contribution in [0.5, 0.6) is 0 Å². The minimum atomic E-state index is -3.12. The summed E-state index contributed by atoms with van der Waals surface area (Å²) in [5.41, 5.74) is 0.712. The topological polar surface area (TPSA) is 114 Å². The lowest BCUT2D eigenvalue weighted by Crippen LogP contribution is -2.56. The fourth-order valence-electron chi connectivity index (χ4n) is 3.77. The molecule has 0 fully saturated rings. The minimum absolute atomic E-state index is 0.356. The number of carbonyl (C=O) groups is 4. The molecular weight excluding hydrogens is 449 g/mol. The Hall–Kier alpha value is -1.29. The van der Waals surface area contributed by atoms with E-state index >= 15 is 0 Å². The van der Waals surface area contributed by atoms with Crippen LogP contribution >= 0.6 is 0 Å². The summed E-state index contributed by atoms with van der Waals surface area (Å²) >= 11 is 0. The molecule has 0 aromatic rings. The maximum atomic E-state index is 11.5. The van der Waals surface area contributed by atoms with E-state index in [-0.39, 0.29) is 0 Å². The highest BCUT2D eigenvalue weighted by Crippen LogP contribution is 2.31. The van der Waals surface area contributed by atoms with Crippen molar-refractivity contribution in [3.8, 4) is 0 Å². The fourth-order valence-corrected chi connectivity index (χ4v) is 27.7. The van der Waals surface area contributed by atoms with Crippen LogP contribution < -0.4 is 0 Å². The van der Waals surface area contributed by atoms with E-state index in [1.807, 2.05) is 26.2 Å². The molecule has 0 N–H and O–H groups in total.